The maximum Gasteiger partial charge on any atom is 0.326 e. The minimum absolute atomic E-state index is 0.222. The third-order valence-corrected chi connectivity index (χ3v) is 5.67. The largest absolute Gasteiger partial charge is 0.326 e. The van der Waals surface area contributed by atoms with Crippen LogP contribution in [0.3, 0.4) is 0 Å². The molecule has 1 aliphatic rings. The molecule has 3 amide bonds. The van der Waals surface area contributed by atoms with Gasteiger partial charge in [-0.2, -0.15) is 0 Å². The van der Waals surface area contributed by atoms with Crippen LogP contribution in [0.25, 0.3) is 0 Å². The molecular weight excluding hydrogens is 396 g/mol. The van der Waals surface area contributed by atoms with Gasteiger partial charge in [0.1, 0.15) is 5.03 Å². The lowest BCUT2D eigenvalue weighted by Gasteiger charge is -2.28. The topological polar surface area (TPSA) is 74.3 Å². The Hall–Kier alpha value is -3.32. The summed E-state index contributed by atoms with van der Waals surface area (Å²) in [6.07, 6.45) is 1.73. The molecule has 0 radical (unpaired) electrons. The van der Waals surface area contributed by atoms with Gasteiger partial charge >= 0.3 is 6.03 Å². The number of rotatable bonds is 3. The first-order chi connectivity index (χ1) is 14.5. The Labute approximate surface area is 179 Å². The second kappa shape index (κ2) is 8.59. The maximum absolute atomic E-state index is 12.9. The lowest BCUT2D eigenvalue weighted by Crippen LogP contribution is -2.38. The van der Waals surface area contributed by atoms with Crippen molar-refractivity contribution in [3.8, 4) is 0 Å². The Bertz CT molecular complexity index is 1100. The fourth-order valence-corrected chi connectivity index (χ4v) is 4.37. The molecule has 2 aromatic carbocycles. The molecule has 0 unspecified atom stereocenters. The van der Waals surface area contributed by atoms with Crippen molar-refractivity contribution >= 4 is 40.8 Å². The van der Waals surface area contributed by atoms with Crippen molar-refractivity contribution in [3.05, 3.63) is 77.5 Å². The van der Waals surface area contributed by atoms with E-state index < -0.39 is 0 Å². The molecule has 152 valence electrons. The predicted molar refractivity (Wildman–Crippen MR) is 122 cm³/mol. The van der Waals surface area contributed by atoms with Crippen LogP contribution in [0.4, 0.5) is 21.9 Å². The molecular formula is C23H22N4O2S. The number of thioether (sulfide) groups is 1. The normalized spacial score (nSPS) is 12.8. The first-order valence-corrected chi connectivity index (χ1v) is 10.6. The summed E-state index contributed by atoms with van der Waals surface area (Å²) < 4.78 is 0. The molecule has 0 fully saturated rings. The van der Waals surface area contributed by atoms with Crippen molar-refractivity contribution in [2.24, 2.45) is 0 Å². The van der Waals surface area contributed by atoms with Crippen LogP contribution in [0.15, 0.2) is 65.8 Å². The number of nitrogens with zero attached hydrogens (tertiary/aromatic N) is 2. The molecule has 0 aliphatic carbocycles. The summed E-state index contributed by atoms with van der Waals surface area (Å²) >= 11 is 1.64. The van der Waals surface area contributed by atoms with Crippen molar-refractivity contribution in [2.45, 2.75) is 18.9 Å². The van der Waals surface area contributed by atoms with Crippen molar-refractivity contribution in [2.75, 3.05) is 27.8 Å². The van der Waals surface area contributed by atoms with E-state index in [0.717, 1.165) is 33.3 Å². The van der Waals surface area contributed by atoms with Crippen LogP contribution in [0.5, 0.6) is 0 Å². The standard InChI is InChI=1S/C23H22N4O2S/c1-15-11-16(2)13-19(12-15)25-21(28)17-5-3-6-18(14-17)26-23(29)27-9-10-30-22-20(27)7-4-8-24-22/h3-8,11-14H,9-10H2,1-2H3,(H,25,28)(H,26,29). The highest BCUT2D eigenvalue weighted by Crippen LogP contribution is 2.32. The van der Waals surface area contributed by atoms with Gasteiger partial charge in [-0.3, -0.25) is 9.69 Å². The number of aryl methyl sites for hydroxylation is 2. The number of pyridine rings is 1. The van der Waals surface area contributed by atoms with E-state index in [9.17, 15) is 9.59 Å². The molecule has 0 atom stereocenters. The maximum atomic E-state index is 12.9. The molecule has 0 saturated heterocycles. The Morgan fingerprint density at radius 1 is 0.967 bits per heavy atom. The van der Waals surface area contributed by atoms with E-state index in [1.165, 1.54) is 0 Å². The van der Waals surface area contributed by atoms with Crippen LogP contribution < -0.4 is 15.5 Å². The number of nitrogens with one attached hydrogen (secondary N) is 2. The van der Waals surface area contributed by atoms with E-state index in [1.54, 1.807) is 47.1 Å². The van der Waals surface area contributed by atoms with E-state index in [-0.39, 0.29) is 11.9 Å². The minimum atomic E-state index is -0.239. The monoisotopic (exact) mass is 418 g/mol. The highest BCUT2D eigenvalue weighted by molar-refractivity contribution is 7.99. The molecule has 3 aromatic rings. The van der Waals surface area contributed by atoms with Gasteiger partial charge in [0.15, 0.2) is 0 Å². The third-order valence-electron chi connectivity index (χ3n) is 4.70. The van der Waals surface area contributed by atoms with Crippen LogP contribution in [0.1, 0.15) is 21.5 Å². The zero-order valence-electron chi connectivity index (χ0n) is 16.8. The minimum Gasteiger partial charge on any atom is -0.322 e. The Kier molecular flexibility index (Phi) is 5.72. The number of fused-ring (bicyclic) bond motifs is 1. The Morgan fingerprint density at radius 3 is 2.57 bits per heavy atom. The van der Waals surface area contributed by atoms with Crippen molar-refractivity contribution in [1.29, 1.82) is 0 Å². The lowest BCUT2D eigenvalue weighted by atomic mass is 10.1. The zero-order chi connectivity index (χ0) is 21.1. The molecule has 4 rings (SSSR count). The van der Waals surface area contributed by atoms with Gasteiger partial charge in [0.25, 0.3) is 5.91 Å². The number of urea groups is 1. The number of carbonyl (C=O) groups excluding carboxylic acids is 2. The average Bonchev–Trinajstić information content (AvgIpc) is 2.72. The van der Waals surface area contributed by atoms with Crippen LogP contribution in [0, 0.1) is 13.8 Å². The van der Waals surface area contributed by atoms with Crippen LogP contribution in [0.2, 0.25) is 0 Å². The van der Waals surface area contributed by atoms with Crippen LogP contribution >= 0.6 is 11.8 Å². The summed E-state index contributed by atoms with van der Waals surface area (Å²) in [5.41, 5.74) is 4.76. The third kappa shape index (κ3) is 4.46. The first kappa shape index (κ1) is 20.0. The number of benzene rings is 2. The quantitative estimate of drug-likeness (QED) is 0.621. The molecule has 1 aromatic heterocycles. The van der Waals surface area contributed by atoms with E-state index in [4.69, 9.17) is 0 Å². The second-order valence-electron chi connectivity index (χ2n) is 7.17. The molecule has 0 bridgehead atoms. The molecule has 0 saturated carbocycles. The molecule has 6 nitrogen and oxygen atoms in total. The van der Waals surface area contributed by atoms with E-state index in [1.807, 2.05) is 38.1 Å². The summed E-state index contributed by atoms with van der Waals surface area (Å²) in [6.45, 7) is 4.58. The number of carbonyl (C=O) groups is 2. The smallest absolute Gasteiger partial charge is 0.322 e. The summed E-state index contributed by atoms with van der Waals surface area (Å²) in [4.78, 5) is 31.6. The van der Waals surface area contributed by atoms with Crippen molar-refractivity contribution in [1.82, 2.24) is 4.98 Å². The van der Waals surface area contributed by atoms with Gasteiger partial charge in [-0.15, -0.1) is 11.8 Å². The molecule has 7 heteroatoms. The van der Waals surface area contributed by atoms with Crippen molar-refractivity contribution in [3.63, 3.8) is 0 Å². The highest BCUT2D eigenvalue weighted by atomic mass is 32.2. The van der Waals surface area contributed by atoms with Gasteiger partial charge in [-0.25, -0.2) is 9.78 Å². The molecule has 30 heavy (non-hydrogen) atoms. The van der Waals surface area contributed by atoms with Crippen LogP contribution in [-0.2, 0) is 0 Å². The van der Waals surface area contributed by atoms with Crippen LogP contribution in [-0.4, -0.2) is 29.2 Å². The number of amides is 3. The Balaban J connectivity index is 1.48. The molecule has 1 aliphatic heterocycles. The van der Waals surface area contributed by atoms with Gasteiger partial charge in [-0.1, -0.05) is 12.1 Å². The highest BCUT2D eigenvalue weighted by Gasteiger charge is 2.23. The van der Waals surface area contributed by atoms with Gasteiger partial charge in [0.2, 0.25) is 0 Å². The number of hydrogen-bond acceptors (Lipinski definition) is 4. The summed E-state index contributed by atoms with van der Waals surface area (Å²) in [6, 6.07) is 16.3. The summed E-state index contributed by atoms with van der Waals surface area (Å²) in [7, 11) is 0. The first-order valence-electron chi connectivity index (χ1n) is 9.66. The van der Waals surface area contributed by atoms with Gasteiger partial charge in [0, 0.05) is 35.4 Å². The second-order valence-corrected chi connectivity index (χ2v) is 8.25. The fourth-order valence-electron chi connectivity index (χ4n) is 3.44. The number of aromatic nitrogens is 1. The summed E-state index contributed by atoms with van der Waals surface area (Å²) in [5.74, 6) is 0.565. The SMILES string of the molecule is Cc1cc(C)cc(NC(=O)c2cccc(NC(=O)N3CCSc4ncccc43)c2)c1. The molecule has 2 heterocycles. The van der Waals surface area contributed by atoms with E-state index in [0.29, 0.717) is 17.8 Å². The van der Waals surface area contributed by atoms with E-state index >= 15 is 0 Å². The van der Waals surface area contributed by atoms with Gasteiger partial charge in [0.05, 0.1) is 5.69 Å². The van der Waals surface area contributed by atoms with Gasteiger partial charge < -0.3 is 10.6 Å². The Morgan fingerprint density at radius 2 is 1.77 bits per heavy atom. The molecule has 0 spiro atoms. The number of anilines is 3. The van der Waals surface area contributed by atoms with E-state index in [2.05, 4.69) is 21.7 Å². The molecule has 2 N–H and O–H groups in total. The van der Waals surface area contributed by atoms with Crippen molar-refractivity contribution < 1.29 is 9.59 Å². The lowest BCUT2D eigenvalue weighted by molar-refractivity contribution is 0.102. The average molecular weight is 419 g/mol. The predicted octanol–water partition coefficient (Wildman–Crippen LogP) is 5.09. The number of hydrogen-bond donors (Lipinski definition) is 2. The zero-order valence-corrected chi connectivity index (χ0v) is 17.6. The fraction of sp³-hybridized carbons (Fsp3) is 0.174. The van der Waals surface area contributed by atoms with Gasteiger partial charge in [-0.05, 0) is 67.4 Å². The summed E-state index contributed by atoms with van der Waals surface area (Å²) in [5, 5.41) is 6.67.